The van der Waals surface area contributed by atoms with Gasteiger partial charge in [0.1, 0.15) is 29.6 Å². The number of carbonyl (C=O) groups excluding carboxylic acids is 1. The van der Waals surface area contributed by atoms with Crippen LogP contribution in [0.5, 0.6) is 11.8 Å². The van der Waals surface area contributed by atoms with Crippen LogP contribution in [0, 0.1) is 12.3 Å². The van der Waals surface area contributed by atoms with Gasteiger partial charge < -0.3 is 28.9 Å². The first kappa shape index (κ1) is 32.8. The molecular weight excluding hydrogens is 646 g/mol. The number of fused-ring (bicyclic) bond motifs is 1. The molecule has 3 aliphatic rings. The maximum atomic E-state index is 12.6. The van der Waals surface area contributed by atoms with E-state index >= 15 is 0 Å². The van der Waals surface area contributed by atoms with Gasteiger partial charge in [-0.25, -0.2) is 4.79 Å². The van der Waals surface area contributed by atoms with Crippen LogP contribution in [0.1, 0.15) is 70.1 Å². The molecule has 4 heterocycles. The highest BCUT2D eigenvalue weighted by Gasteiger charge is 2.48. The number of anilines is 1. The Morgan fingerprint density at radius 1 is 1.04 bits per heavy atom. The van der Waals surface area contributed by atoms with Gasteiger partial charge in [0.25, 0.3) is 0 Å². The van der Waals surface area contributed by atoms with Gasteiger partial charge >= 0.3 is 12.1 Å². The number of hydrogen-bond donors (Lipinski definition) is 0. The summed E-state index contributed by atoms with van der Waals surface area (Å²) in [5.74, 6) is 1.63. The molecule has 1 spiro atoms. The minimum absolute atomic E-state index is 0.0789. The molecule has 46 heavy (non-hydrogen) atoms. The van der Waals surface area contributed by atoms with Crippen LogP contribution in [-0.2, 0) is 17.8 Å². The van der Waals surface area contributed by atoms with Crippen LogP contribution in [0.15, 0.2) is 34.8 Å². The second-order valence-electron chi connectivity index (χ2n) is 14.5. The van der Waals surface area contributed by atoms with Crippen LogP contribution in [0.25, 0.3) is 10.9 Å². The molecule has 0 radical (unpaired) electrons. The molecule has 0 bridgehead atoms. The molecule has 2 aromatic carbocycles. The predicted octanol–water partition coefficient (Wildman–Crippen LogP) is 7.15. The van der Waals surface area contributed by atoms with Gasteiger partial charge in [-0.1, -0.05) is 36.8 Å². The van der Waals surface area contributed by atoms with E-state index in [9.17, 15) is 4.79 Å². The quantitative estimate of drug-likeness (QED) is 0.258. The van der Waals surface area contributed by atoms with Crippen LogP contribution in [0.4, 0.5) is 10.6 Å². The molecule has 248 valence electrons. The molecule has 0 unspecified atom stereocenters. The number of nitrogens with zero attached hydrogens (tertiary/aromatic N) is 5. The summed E-state index contributed by atoms with van der Waals surface area (Å²) in [5, 5.41) is 0.981. The summed E-state index contributed by atoms with van der Waals surface area (Å²) in [6, 6.07) is 11.1. The summed E-state index contributed by atoms with van der Waals surface area (Å²) in [4.78, 5) is 29.3. The zero-order valence-electron chi connectivity index (χ0n) is 28.2. The fourth-order valence-corrected chi connectivity index (χ4v) is 7.43. The number of halogens is 1. The highest BCUT2D eigenvalue weighted by atomic mass is 79.9. The summed E-state index contributed by atoms with van der Waals surface area (Å²) < 4.78 is 19.6. The third-order valence-corrected chi connectivity index (χ3v) is 10.4. The van der Waals surface area contributed by atoms with Crippen LogP contribution in [-0.4, -0.2) is 83.9 Å². The minimum atomic E-state index is -0.486. The molecule has 0 aliphatic carbocycles. The summed E-state index contributed by atoms with van der Waals surface area (Å²) in [6.45, 7) is 15.6. The van der Waals surface area contributed by atoms with E-state index in [0.29, 0.717) is 12.6 Å². The van der Waals surface area contributed by atoms with Crippen LogP contribution in [0.3, 0.4) is 0 Å². The molecule has 10 heteroatoms. The number of rotatable bonds is 7. The predicted molar refractivity (Wildman–Crippen MR) is 185 cm³/mol. The standard InChI is InChI=1S/C36H48BrN5O4/c1-7-26-20-28-30(31(29(26)37)44-21-25-10-8-24(2)9-11-25)38-33(45-27-12-16-40(6)17-13-27)39-32(28)41-18-14-36(15-19-41)22-42(23-36)34(43)46-35(3,4)5/h8-11,20,27H,7,12-19,21-23H2,1-6H3. The highest BCUT2D eigenvalue weighted by molar-refractivity contribution is 9.10. The summed E-state index contributed by atoms with van der Waals surface area (Å²) in [6.07, 6.45) is 4.57. The van der Waals surface area contributed by atoms with Crippen molar-refractivity contribution in [1.29, 1.82) is 0 Å². The van der Waals surface area contributed by atoms with Gasteiger partial charge in [-0.2, -0.15) is 9.97 Å². The van der Waals surface area contributed by atoms with E-state index in [1.54, 1.807) is 0 Å². The molecule has 3 aromatic rings. The van der Waals surface area contributed by atoms with Gasteiger partial charge in [0.2, 0.25) is 0 Å². The van der Waals surface area contributed by atoms with E-state index in [1.807, 2.05) is 25.7 Å². The van der Waals surface area contributed by atoms with E-state index in [2.05, 4.69) is 77.0 Å². The van der Waals surface area contributed by atoms with Crippen LogP contribution >= 0.6 is 15.9 Å². The zero-order chi connectivity index (χ0) is 32.6. The number of aromatic nitrogens is 2. The lowest BCUT2D eigenvalue weighted by atomic mass is 9.72. The van der Waals surface area contributed by atoms with Gasteiger partial charge in [0.05, 0.1) is 4.47 Å². The molecule has 0 atom stereocenters. The van der Waals surface area contributed by atoms with Gasteiger partial charge in [-0.15, -0.1) is 0 Å². The SMILES string of the molecule is CCc1cc2c(N3CCC4(CC3)CN(C(=O)OC(C)(C)C)C4)nc(OC3CCN(C)CC3)nc2c(OCc2ccc(C)cc2)c1Br. The maximum Gasteiger partial charge on any atom is 0.410 e. The number of hydrogen-bond acceptors (Lipinski definition) is 8. The number of aryl methyl sites for hydroxylation is 2. The van der Waals surface area contributed by atoms with Crippen molar-refractivity contribution in [2.24, 2.45) is 5.41 Å². The smallest absolute Gasteiger partial charge is 0.410 e. The molecule has 6 rings (SSSR count). The Balaban J connectivity index is 1.29. The average molecular weight is 695 g/mol. The lowest BCUT2D eigenvalue weighted by Gasteiger charge is -2.53. The lowest BCUT2D eigenvalue weighted by molar-refractivity contribution is -0.0434. The molecule has 0 saturated carbocycles. The van der Waals surface area contributed by atoms with Crippen molar-refractivity contribution in [2.75, 3.05) is 51.2 Å². The van der Waals surface area contributed by atoms with Crippen molar-refractivity contribution in [3.05, 3.63) is 51.5 Å². The van der Waals surface area contributed by atoms with E-state index in [0.717, 1.165) is 109 Å². The van der Waals surface area contributed by atoms with Crippen molar-refractivity contribution < 1.29 is 19.0 Å². The lowest BCUT2D eigenvalue weighted by Crippen LogP contribution is -2.62. The molecule has 3 saturated heterocycles. The number of piperidine rings is 2. The number of amides is 1. The zero-order valence-corrected chi connectivity index (χ0v) is 29.8. The van der Waals surface area contributed by atoms with Crippen molar-refractivity contribution in [3.8, 4) is 11.8 Å². The van der Waals surface area contributed by atoms with E-state index in [4.69, 9.17) is 24.2 Å². The molecular formula is C36H48BrN5O4. The fraction of sp³-hybridized carbons (Fsp3) is 0.583. The normalized spacial score (nSPS) is 18.9. The van der Waals surface area contributed by atoms with Crippen molar-refractivity contribution in [3.63, 3.8) is 0 Å². The van der Waals surface area contributed by atoms with Crippen LogP contribution < -0.4 is 14.4 Å². The largest absolute Gasteiger partial charge is 0.485 e. The Labute approximate surface area is 281 Å². The second-order valence-corrected chi connectivity index (χ2v) is 15.3. The topological polar surface area (TPSA) is 80.3 Å². The van der Waals surface area contributed by atoms with E-state index < -0.39 is 5.60 Å². The molecule has 1 amide bonds. The fourth-order valence-electron chi connectivity index (χ4n) is 6.73. The first-order valence-electron chi connectivity index (χ1n) is 16.7. The van der Waals surface area contributed by atoms with Gasteiger partial charge in [-0.3, -0.25) is 0 Å². The first-order chi connectivity index (χ1) is 21.9. The maximum absolute atomic E-state index is 12.6. The third kappa shape index (κ3) is 7.23. The van der Waals surface area contributed by atoms with Crippen molar-refractivity contribution in [2.45, 2.75) is 85.0 Å². The molecule has 3 fully saturated rings. The summed E-state index contributed by atoms with van der Waals surface area (Å²) in [7, 11) is 2.15. The van der Waals surface area contributed by atoms with Crippen LogP contribution in [0.2, 0.25) is 0 Å². The minimum Gasteiger partial charge on any atom is -0.485 e. The Hall–Kier alpha value is -3.11. The summed E-state index contributed by atoms with van der Waals surface area (Å²) >= 11 is 3.88. The Morgan fingerprint density at radius 2 is 1.72 bits per heavy atom. The number of ether oxygens (including phenoxy) is 3. The van der Waals surface area contributed by atoms with Gasteiger partial charge in [0, 0.05) is 50.1 Å². The number of carbonyl (C=O) groups is 1. The van der Waals surface area contributed by atoms with Crippen molar-refractivity contribution in [1.82, 2.24) is 19.8 Å². The molecule has 0 N–H and O–H groups in total. The average Bonchev–Trinajstić information content (AvgIpc) is 3.00. The Morgan fingerprint density at radius 3 is 2.35 bits per heavy atom. The number of likely N-dealkylation sites (tertiary alicyclic amines) is 2. The van der Waals surface area contributed by atoms with Gasteiger partial charge in [0.15, 0.2) is 5.75 Å². The first-order valence-corrected chi connectivity index (χ1v) is 17.5. The monoisotopic (exact) mass is 693 g/mol. The van der Waals surface area contributed by atoms with Crippen molar-refractivity contribution >= 4 is 38.7 Å². The Kier molecular flexibility index (Phi) is 9.40. The highest BCUT2D eigenvalue weighted by Crippen LogP contribution is 2.45. The van der Waals surface area contributed by atoms with E-state index in [-0.39, 0.29) is 17.6 Å². The second kappa shape index (κ2) is 13.2. The van der Waals surface area contributed by atoms with E-state index in [1.165, 1.54) is 5.56 Å². The molecule has 3 aliphatic heterocycles. The summed E-state index contributed by atoms with van der Waals surface area (Å²) in [5.41, 5.74) is 3.89. The molecule has 9 nitrogen and oxygen atoms in total. The Bertz CT molecular complexity index is 1550. The van der Waals surface area contributed by atoms with Gasteiger partial charge in [-0.05, 0) is 100.0 Å². The third-order valence-electron chi connectivity index (χ3n) is 9.57. The number of benzene rings is 2. The molecule has 1 aromatic heterocycles.